The lowest BCUT2D eigenvalue weighted by Crippen LogP contribution is -2.38. The van der Waals surface area contributed by atoms with Gasteiger partial charge in [-0.2, -0.15) is 0 Å². The van der Waals surface area contributed by atoms with Crippen LogP contribution in [0.1, 0.15) is 24.2 Å². The molecule has 0 aliphatic rings. The molecule has 0 fully saturated rings. The molecule has 0 radical (unpaired) electrons. The number of aliphatic hydroxyl groups is 1. The fraction of sp³-hybridized carbons (Fsp3) is 0.333. The SMILES string of the molecule is Cc1ccc([C@H](C)O)c(OCC(=O)NC(N)=O)c1. The van der Waals surface area contributed by atoms with Crippen LogP contribution in [0.2, 0.25) is 0 Å². The highest BCUT2D eigenvalue weighted by molar-refractivity contribution is 5.94. The minimum absolute atomic E-state index is 0.341. The summed E-state index contributed by atoms with van der Waals surface area (Å²) < 4.78 is 5.26. The summed E-state index contributed by atoms with van der Waals surface area (Å²) in [5.74, 6) is -0.231. The Morgan fingerprint density at radius 2 is 2.17 bits per heavy atom. The number of rotatable bonds is 4. The van der Waals surface area contributed by atoms with E-state index in [1.165, 1.54) is 0 Å². The van der Waals surface area contributed by atoms with Gasteiger partial charge in [0.2, 0.25) is 0 Å². The number of imide groups is 1. The Bertz CT molecular complexity index is 457. The molecule has 0 saturated carbocycles. The molecule has 18 heavy (non-hydrogen) atoms. The maximum Gasteiger partial charge on any atom is 0.318 e. The molecule has 98 valence electrons. The highest BCUT2D eigenvalue weighted by atomic mass is 16.5. The molecule has 6 nitrogen and oxygen atoms in total. The summed E-state index contributed by atoms with van der Waals surface area (Å²) in [6.45, 7) is 3.12. The third-order valence-corrected chi connectivity index (χ3v) is 2.24. The molecule has 1 atom stereocenters. The van der Waals surface area contributed by atoms with Crippen LogP contribution >= 0.6 is 0 Å². The van der Waals surface area contributed by atoms with Crippen LogP contribution in [0.25, 0.3) is 0 Å². The Labute approximate surface area is 105 Å². The first-order valence-electron chi connectivity index (χ1n) is 5.41. The molecule has 3 amide bonds. The molecule has 4 N–H and O–H groups in total. The number of benzene rings is 1. The number of primary amides is 1. The number of urea groups is 1. The van der Waals surface area contributed by atoms with Crippen LogP contribution in [0.15, 0.2) is 18.2 Å². The first-order chi connectivity index (χ1) is 8.40. The number of aliphatic hydroxyl groups excluding tert-OH is 1. The van der Waals surface area contributed by atoms with Crippen LogP contribution in [-0.2, 0) is 4.79 Å². The zero-order valence-corrected chi connectivity index (χ0v) is 10.3. The van der Waals surface area contributed by atoms with Crippen LogP contribution in [0.4, 0.5) is 4.79 Å². The molecule has 6 heteroatoms. The van der Waals surface area contributed by atoms with Gasteiger partial charge in [0.1, 0.15) is 5.75 Å². The number of aryl methyl sites for hydroxylation is 1. The molecule has 0 spiro atoms. The second kappa shape index (κ2) is 6.02. The molecule has 0 unspecified atom stereocenters. The number of carbonyl (C=O) groups is 2. The molecular formula is C12H16N2O4. The molecule has 1 rings (SSSR count). The second-order valence-corrected chi connectivity index (χ2v) is 3.92. The monoisotopic (exact) mass is 252 g/mol. The number of carbonyl (C=O) groups excluding carboxylic acids is 2. The average molecular weight is 252 g/mol. The van der Waals surface area contributed by atoms with Crippen molar-refractivity contribution in [2.75, 3.05) is 6.61 Å². The van der Waals surface area contributed by atoms with Gasteiger partial charge in [-0.1, -0.05) is 12.1 Å². The molecule has 0 aromatic heterocycles. The van der Waals surface area contributed by atoms with Crippen molar-refractivity contribution < 1.29 is 19.4 Å². The summed E-state index contributed by atoms with van der Waals surface area (Å²) in [7, 11) is 0. The van der Waals surface area contributed by atoms with Gasteiger partial charge in [-0.15, -0.1) is 0 Å². The van der Waals surface area contributed by atoms with Crippen LogP contribution in [-0.4, -0.2) is 23.7 Å². The molecule has 0 aliphatic heterocycles. The van der Waals surface area contributed by atoms with Crippen LogP contribution < -0.4 is 15.8 Å². The van der Waals surface area contributed by atoms with E-state index in [9.17, 15) is 14.7 Å². The van der Waals surface area contributed by atoms with E-state index in [4.69, 9.17) is 10.5 Å². The lowest BCUT2D eigenvalue weighted by molar-refractivity contribution is -0.121. The summed E-state index contributed by atoms with van der Waals surface area (Å²) in [5, 5.41) is 11.4. The van der Waals surface area contributed by atoms with Gasteiger partial charge in [0, 0.05) is 5.56 Å². The molecule has 0 heterocycles. The third kappa shape index (κ3) is 4.06. The summed E-state index contributed by atoms with van der Waals surface area (Å²) in [5.41, 5.74) is 6.31. The summed E-state index contributed by atoms with van der Waals surface area (Å²) in [6, 6.07) is 4.34. The molecule has 1 aromatic rings. The van der Waals surface area contributed by atoms with Gasteiger partial charge in [-0.05, 0) is 25.5 Å². The lowest BCUT2D eigenvalue weighted by atomic mass is 10.1. The Morgan fingerprint density at radius 1 is 1.50 bits per heavy atom. The van der Waals surface area contributed by atoms with Gasteiger partial charge in [0.05, 0.1) is 6.10 Å². The highest BCUT2D eigenvalue weighted by Gasteiger charge is 2.11. The van der Waals surface area contributed by atoms with Gasteiger partial charge in [0.15, 0.2) is 6.61 Å². The zero-order valence-electron chi connectivity index (χ0n) is 10.3. The van der Waals surface area contributed by atoms with Crippen molar-refractivity contribution in [3.05, 3.63) is 29.3 Å². The van der Waals surface area contributed by atoms with Gasteiger partial charge in [0.25, 0.3) is 5.91 Å². The molecular weight excluding hydrogens is 236 g/mol. The van der Waals surface area contributed by atoms with Gasteiger partial charge < -0.3 is 15.6 Å². The number of ether oxygens (including phenoxy) is 1. The van der Waals surface area contributed by atoms with Crippen molar-refractivity contribution in [3.63, 3.8) is 0 Å². The average Bonchev–Trinajstić information content (AvgIpc) is 2.25. The maximum absolute atomic E-state index is 11.2. The van der Waals surface area contributed by atoms with Crippen molar-refractivity contribution in [1.29, 1.82) is 0 Å². The second-order valence-electron chi connectivity index (χ2n) is 3.92. The minimum Gasteiger partial charge on any atom is -0.483 e. The Hall–Kier alpha value is -2.08. The summed E-state index contributed by atoms with van der Waals surface area (Å²) in [6.07, 6.45) is -0.709. The standard InChI is InChI=1S/C12H16N2O4/c1-7-3-4-9(8(2)15)10(5-7)18-6-11(16)14-12(13)17/h3-5,8,15H,6H2,1-2H3,(H3,13,14,16,17)/t8-/m0/s1. The van der Waals surface area contributed by atoms with E-state index in [1.807, 2.05) is 18.3 Å². The predicted octanol–water partition coefficient (Wildman–Crippen LogP) is 0.622. The molecule has 0 bridgehead atoms. The quantitative estimate of drug-likeness (QED) is 0.731. The first-order valence-corrected chi connectivity index (χ1v) is 5.41. The number of hydrogen-bond donors (Lipinski definition) is 3. The van der Waals surface area contributed by atoms with E-state index in [0.29, 0.717) is 11.3 Å². The van der Waals surface area contributed by atoms with Crippen LogP contribution in [0, 0.1) is 6.92 Å². The van der Waals surface area contributed by atoms with E-state index >= 15 is 0 Å². The van der Waals surface area contributed by atoms with Crippen molar-refractivity contribution in [3.8, 4) is 5.75 Å². The normalized spacial score (nSPS) is 11.7. The van der Waals surface area contributed by atoms with E-state index in [0.717, 1.165) is 5.56 Å². The van der Waals surface area contributed by atoms with Gasteiger partial charge >= 0.3 is 6.03 Å². The highest BCUT2D eigenvalue weighted by Crippen LogP contribution is 2.26. The Morgan fingerprint density at radius 3 is 2.72 bits per heavy atom. The minimum atomic E-state index is -0.927. The number of hydrogen-bond acceptors (Lipinski definition) is 4. The maximum atomic E-state index is 11.2. The predicted molar refractivity (Wildman–Crippen MR) is 65.0 cm³/mol. The first kappa shape index (κ1) is 14.0. The van der Waals surface area contributed by atoms with Crippen molar-refractivity contribution in [1.82, 2.24) is 5.32 Å². The van der Waals surface area contributed by atoms with E-state index in [2.05, 4.69) is 0 Å². The zero-order chi connectivity index (χ0) is 13.7. The molecule has 1 aromatic carbocycles. The van der Waals surface area contributed by atoms with Crippen molar-refractivity contribution in [2.45, 2.75) is 20.0 Å². The largest absolute Gasteiger partial charge is 0.483 e. The molecule has 0 saturated heterocycles. The molecule has 0 aliphatic carbocycles. The van der Waals surface area contributed by atoms with Crippen molar-refractivity contribution >= 4 is 11.9 Å². The van der Waals surface area contributed by atoms with Gasteiger partial charge in [-0.3, -0.25) is 10.1 Å². The summed E-state index contributed by atoms with van der Waals surface area (Å²) >= 11 is 0. The van der Waals surface area contributed by atoms with Crippen molar-refractivity contribution in [2.24, 2.45) is 5.73 Å². The smallest absolute Gasteiger partial charge is 0.318 e. The van der Waals surface area contributed by atoms with E-state index in [-0.39, 0.29) is 6.61 Å². The third-order valence-electron chi connectivity index (χ3n) is 2.24. The lowest BCUT2D eigenvalue weighted by Gasteiger charge is -2.13. The number of nitrogens with one attached hydrogen (secondary N) is 1. The van der Waals surface area contributed by atoms with Gasteiger partial charge in [-0.25, -0.2) is 4.79 Å². The Balaban J connectivity index is 2.74. The van der Waals surface area contributed by atoms with E-state index < -0.39 is 18.0 Å². The van der Waals surface area contributed by atoms with Crippen LogP contribution in [0.3, 0.4) is 0 Å². The van der Waals surface area contributed by atoms with Crippen LogP contribution in [0.5, 0.6) is 5.75 Å². The number of nitrogens with two attached hydrogens (primary N) is 1. The topological polar surface area (TPSA) is 102 Å². The van der Waals surface area contributed by atoms with E-state index in [1.54, 1.807) is 19.1 Å². The Kier molecular flexibility index (Phi) is 4.67. The number of amides is 3. The fourth-order valence-corrected chi connectivity index (χ4v) is 1.43. The summed E-state index contributed by atoms with van der Waals surface area (Å²) in [4.78, 5) is 21.6. The fourth-order valence-electron chi connectivity index (χ4n) is 1.43.